The number of hydrogen-bond acceptors (Lipinski definition) is 6. The highest BCUT2D eigenvalue weighted by Gasteiger charge is 2.39. The van der Waals surface area contributed by atoms with E-state index < -0.39 is 17.8 Å². The maximum absolute atomic E-state index is 13.7. The molecule has 0 saturated carbocycles. The van der Waals surface area contributed by atoms with Crippen molar-refractivity contribution in [2.24, 2.45) is 0 Å². The number of nitrogens with one attached hydrogen (secondary N) is 1. The van der Waals surface area contributed by atoms with Gasteiger partial charge in [-0.2, -0.15) is 13.2 Å². The minimum Gasteiger partial charge on any atom is -0.462 e. The van der Waals surface area contributed by atoms with E-state index in [0.29, 0.717) is 16.8 Å². The lowest BCUT2D eigenvalue weighted by molar-refractivity contribution is -0.140. The molecule has 1 N–H and O–H groups in total. The van der Waals surface area contributed by atoms with Crippen LogP contribution in [0, 0.1) is 0 Å². The van der Waals surface area contributed by atoms with E-state index in [-0.39, 0.29) is 50.2 Å². The van der Waals surface area contributed by atoms with Gasteiger partial charge in [0, 0.05) is 31.9 Å². The Kier molecular flexibility index (Phi) is 6.53. The van der Waals surface area contributed by atoms with E-state index in [9.17, 15) is 22.8 Å². The number of piperazine rings is 1. The molecule has 3 aromatic rings. The first kappa shape index (κ1) is 23.3. The van der Waals surface area contributed by atoms with Crippen LogP contribution in [0.1, 0.15) is 23.0 Å². The van der Waals surface area contributed by atoms with Crippen LogP contribution in [0.25, 0.3) is 11.0 Å². The highest BCUT2D eigenvalue weighted by molar-refractivity contribution is 5.92. The number of ether oxygens (including phenoxy) is 1. The second-order valence-electron chi connectivity index (χ2n) is 7.58. The lowest BCUT2D eigenvalue weighted by atomic mass is 10.2. The minimum absolute atomic E-state index is 0.172. The molecule has 0 spiro atoms. The van der Waals surface area contributed by atoms with Crippen LogP contribution in [-0.4, -0.2) is 59.7 Å². The topological polar surface area (TPSA) is 87.7 Å². The molecule has 0 atom stereocenters. The summed E-state index contributed by atoms with van der Waals surface area (Å²) in [5, 5.41) is 2.73. The second kappa shape index (κ2) is 9.54. The van der Waals surface area contributed by atoms with Gasteiger partial charge < -0.3 is 19.9 Å². The molecule has 0 radical (unpaired) electrons. The van der Waals surface area contributed by atoms with E-state index >= 15 is 0 Å². The van der Waals surface area contributed by atoms with Crippen molar-refractivity contribution in [1.82, 2.24) is 14.9 Å². The third-order valence-electron chi connectivity index (χ3n) is 5.33. The number of fused-ring (bicyclic) bond motifs is 1. The summed E-state index contributed by atoms with van der Waals surface area (Å²) in [4.78, 5) is 35.4. The molecule has 1 fully saturated rings. The highest BCUT2D eigenvalue weighted by Crippen LogP contribution is 2.35. The lowest BCUT2D eigenvalue weighted by Crippen LogP contribution is -2.50. The molecule has 34 heavy (non-hydrogen) atoms. The van der Waals surface area contributed by atoms with Crippen molar-refractivity contribution >= 4 is 34.5 Å². The summed E-state index contributed by atoms with van der Waals surface area (Å²) in [6, 6.07) is 12.3. The lowest BCUT2D eigenvalue weighted by Gasteiger charge is -2.36. The molecule has 0 unspecified atom stereocenters. The number of rotatable bonds is 4. The summed E-state index contributed by atoms with van der Waals surface area (Å²) >= 11 is 0. The van der Waals surface area contributed by atoms with Crippen LogP contribution in [-0.2, 0) is 10.9 Å². The first-order valence-corrected chi connectivity index (χ1v) is 10.7. The SMILES string of the molecule is CCOC(=O)c1ccc(NC(=O)N2CCN(c3nc4ccccc4nc3C(F)(F)F)CC2)cc1. The Labute approximate surface area is 193 Å². The number of hydrogen-bond donors (Lipinski definition) is 1. The Morgan fingerprint density at radius 3 is 2.18 bits per heavy atom. The summed E-state index contributed by atoms with van der Waals surface area (Å²) in [5.41, 5.74) is 0.360. The van der Waals surface area contributed by atoms with E-state index in [1.54, 1.807) is 49.4 Å². The molecule has 178 valence electrons. The van der Waals surface area contributed by atoms with E-state index in [4.69, 9.17) is 4.74 Å². The Hall–Kier alpha value is -3.89. The predicted octanol–water partition coefficient (Wildman–Crippen LogP) is 4.18. The zero-order chi connectivity index (χ0) is 24.3. The number of urea groups is 1. The van der Waals surface area contributed by atoms with E-state index in [1.165, 1.54) is 15.9 Å². The number of anilines is 2. The molecule has 0 bridgehead atoms. The summed E-state index contributed by atoms with van der Waals surface area (Å²) in [5.74, 6) is -0.688. The molecule has 1 aliphatic heterocycles. The average molecular weight is 473 g/mol. The Morgan fingerprint density at radius 2 is 1.59 bits per heavy atom. The van der Waals surface area contributed by atoms with Crippen LogP contribution in [0.4, 0.5) is 29.5 Å². The smallest absolute Gasteiger partial charge is 0.437 e. The fourth-order valence-corrected chi connectivity index (χ4v) is 3.63. The molecule has 2 amide bonds. The number of halogens is 3. The molecule has 4 rings (SSSR count). The zero-order valence-corrected chi connectivity index (χ0v) is 18.3. The van der Waals surface area contributed by atoms with Gasteiger partial charge in [-0.05, 0) is 43.3 Å². The first-order valence-electron chi connectivity index (χ1n) is 10.7. The monoisotopic (exact) mass is 473 g/mol. The highest BCUT2D eigenvalue weighted by atomic mass is 19.4. The van der Waals surface area contributed by atoms with Crippen LogP contribution in [0.3, 0.4) is 0 Å². The predicted molar refractivity (Wildman–Crippen MR) is 120 cm³/mol. The first-order chi connectivity index (χ1) is 16.3. The van der Waals surface area contributed by atoms with Gasteiger partial charge >= 0.3 is 18.2 Å². The van der Waals surface area contributed by atoms with Gasteiger partial charge in [0.15, 0.2) is 11.5 Å². The number of carbonyl (C=O) groups is 2. The maximum atomic E-state index is 13.7. The van der Waals surface area contributed by atoms with Crippen molar-refractivity contribution in [3.05, 3.63) is 59.8 Å². The van der Waals surface area contributed by atoms with Crippen molar-refractivity contribution in [2.45, 2.75) is 13.1 Å². The molecule has 2 heterocycles. The minimum atomic E-state index is -4.66. The summed E-state index contributed by atoms with van der Waals surface area (Å²) < 4.78 is 45.9. The van der Waals surface area contributed by atoms with Gasteiger partial charge in [0.05, 0.1) is 23.2 Å². The van der Waals surface area contributed by atoms with Gasteiger partial charge in [-0.1, -0.05) is 12.1 Å². The molecule has 0 aliphatic carbocycles. The fraction of sp³-hybridized carbons (Fsp3) is 0.304. The Balaban J connectivity index is 1.43. The summed E-state index contributed by atoms with van der Waals surface area (Å²) in [6.45, 7) is 2.73. The third-order valence-corrected chi connectivity index (χ3v) is 5.33. The fourth-order valence-electron chi connectivity index (χ4n) is 3.63. The van der Waals surface area contributed by atoms with Crippen LogP contribution in [0.15, 0.2) is 48.5 Å². The van der Waals surface area contributed by atoms with Gasteiger partial charge in [-0.3, -0.25) is 0 Å². The Bertz CT molecular complexity index is 1190. The molecular formula is C23H22F3N5O3. The molecular weight excluding hydrogens is 451 g/mol. The van der Waals surface area contributed by atoms with E-state index in [1.807, 2.05) is 0 Å². The van der Waals surface area contributed by atoms with Crippen molar-refractivity contribution in [1.29, 1.82) is 0 Å². The van der Waals surface area contributed by atoms with Crippen LogP contribution < -0.4 is 10.2 Å². The summed E-state index contributed by atoms with van der Waals surface area (Å²) in [6.07, 6.45) is -4.66. The number of para-hydroxylation sites is 2. The van der Waals surface area contributed by atoms with Crippen LogP contribution >= 0.6 is 0 Å². The normalized spacial score (nSPS) is 14.2. The number of esters is 1. The van der Waals surface area contributed by atoms with E-state index in [0.717, 1.165) is 0 Å². The number of benzene rings is 2. The molecule has 8 nitrogen and oxygen atoms in total. The molecule has 11 heteroatoms. The van der Waals surface area contributed by atoms with Crippen LogP contribution in [0.5, 0.6) is 0 Å². The van der Waals surface area contributed by atoms with E-state index in [2.05, 4.69) is 15.3 Å². The standard InChI is InChI=1S/C23H22F3N5O3/c1-2-34-21(32)15-7-9-16(10-8-15)27-22(33)31-13-11-30(12-14-31)20-19(23(24,25)26)28-17-5-3-4-6-18(17)29-20/h3-10H,2,11-14H2,1H3,(H,27,33). The second-order valence-corrected chi connectivity index (χ2v) is 7.58. The third kappa shape index (κ3) is 5.03. The van der Waals surface area contributed by atoms with Gasteiger partial charge in [-0.25, -0.2) is 19.6 Å². The molecule has 1 aliphatic rings. The van der Waals surface area contributed by atoms with Gasteiger partial charge in [0.2, 0.25) is 0 Å². The largest absolute Gasteiger partial charge is 0.462 e. The zero-order valence-electron chi connectivity index (χ0n) is 18.3. The number of amides is 2. The number of aromatic nitrogens is 2. The number of carbonyl (C=O) groups excluding carboxylic acids is 2. The van der Waals surface area contributed by atoms with Gasteiger partial charge in [-0.15, -0.1) is 0 Å². The van der Waals surface area contributed by atoms with Crippen molar-refractivity contribution in [3.8, 4) is 0 Å². The quantitative estimate of drug-likeness (QED) is 0.572. The Morgan fingerprint density at radius 1 is 0.971 bits per heavy atom. The summed E-state index contributed by atoms with van der Waals surface area (Å²) in [7, 11) is 0. The molecule has 2 aromatic carbocycles. The van der Waals surface area contributed by atoms with Crippen molar-refractivity contribution in [2.75, 3.05) is 43.0 Å². The number of nitrogens with zero attached hydrogens (tertiary/aromatic N) is 4. The molecule has 1 saturated heterocycles. The number of alkyl halides is 3. The van der Waals surface area contributed by atoms with Gasteiger partial charge in [0.1, 0.15) is 0 Å². The van der Waals surface area contributed by atoms with Gasteiger partial charge in [0.25, 0.3) is 0 Å². The average Bonchev–Trinajstić information content (AvgIpc) is 2.83. The van der Waals surface area contributed by atoms with Crippen LogP contribution in [0.2, 0.25) is 0 Å². The maximum Gasteiger partial charge on any atom is 0.437 e. The van der Waals surface area contributed by atoms with Crippen molar-refractivity contribution in [3.63, 3.8) is 0 Å². The van der Waals surface area contributed by atoms with Crippen molar-refractivity contribution < 1.29 is 27.5 Å². The molecule has 1 aromatic heterocycles.